The Kier molecular flexibility index (Phi) is 7.49. The Balaban J connectivity index is 1.45. The van der Waals surface area contributed by atoms with Gasteiger partial charge in [0.15, 0.2) is 18.0 Å². The maximum atomic E-state index is 12.3. The number of methoxy groups -OCH3 is 2. The zero-order valence-corrected chi connectivity index (χ0v) is 17.7. The maximum absolute atomic E-state index is 12.3. The lowest BCUT2D eigenvalue weighted by Crippen LogP contribution is -3.28. The van der Waals surface area contributed by atoms with Crippen LogP contribution in [0.1, 0.15) is 16.7 Å². The highest BCUT2D eigenvalue weighted by molar-refractivity contribution is 5.76. The molecule has 1 heterocycles. The molecule has 0 aliphatic carbocycles. The Bertz CT molecular complexity index is 803. The highest BCUT2D eigenvalue weighted by Crippen LogP contribution is 2.29. The molecule has 1 saturated heterocycles. The fourth-order valence-corrected chi connectivity index (χ4v) is 3.88. The zero-order valence-electron chi connectivity index (χ0n) is 17.7. The van der Waals surface area contributed by atoms with Gasteiger partial charge in [0.1, 0.15) is 32.7 Å². The van der Waals surface area contributed by atoms with Crippen molar-refractivity contribution in [1.29, 1.82) is 0 Å². The van der Waals surface area contributed by atoms with Crippen molar-refractivity contribution in [3.63, 3.8) is 0 Å². The third-order valence-corrected chi connectivity index (χ3v) is 5.69. The van der Waals surface area contributed by atoms with E-state index in [1.807, 2.05) is 36.4 Å². The number of aryl methyl sites for hydroxylation is 1. The number of piperazine rings is 1. The second kappa shape index (κ2) is 10.3. The predicted molar refractivity (Wildman–Crippen MR) is 113 cm³/mol. The number of rotatable bonds is 8. The number of amides is 1. The molecule has 2 aromatic carbocycles. The Morgan fingerprint density at radius 3 is 2.24 bits per heavy atom. The van der Waals surface area contributed by atoms with Crippen LogP contribution in [0.2, 0.25) is 0 Å². The molecule has 0 aromatic heterocycles. The predicted octanol–water partition coefficient (Wildman–Crippen LogP) is -0.388. The molecule has 3 N–H and O–H groups in total. The molecular formula is C23H33N3O3+2. The molecule has 29 heavy (non-hydrogen) atoms. The van der Waals surface area contributed by atoms with Gasteiger partial charge in [-0.05, 0) is 30.2 Å². The van der Waals surface area contributed by atoms with E-state index in [1.54, 1.807) is 19.1 Å². The minimum absolute atomic E-state index is 0.128. The van der Waals surface area contributed by atoms with Gasteiger partial charge in [0.05, 0.1) is 14.2 Å². The lowest BCUT2D eigenvalue weighted by Gasteiger charge is -2.29. The fourth-order valence-electron chi connectivity index (χ4n) is 3.88. The van der Waals surface area contributed by atoms with Crippen LogP contribution in [0, 0.1) is 6.92 Å². The van der Waals surface area contributed by atoms with Crippen LogP contribution in [0.25, 0.3) is 0 Å². The summed E-state index contributed by atoms with van der Waals surface area (Å²) >= 11 is 0. The molecule has 156 valence electrons. The summed E-state index contributed by atoms with van der Waals surface area (Å²) in [5, 5.41) is 3.04. The first kappa shape index (κ1) is 21.1. The number of carbonyl (C=O) groups is 1. The maximum Gasteiger partial charge on any atom is 0.275 e. The number of quaternary nitrogens is 2. The van der Waals surface area contributed by atoms with E-state index in [1.165, 1.54) is 16.0 Å². The van der Waals surface area contributed by atoms with E-state index in [0.717, 1.165) is 49.8 Å². The number of benzene rings is 2. The highest BCUT2D eigenvalue weighted by atomic mass is 16.5. The summed E-state index contributed by atoms with van der Waals surface area (Å²) < 4.78 is 10.8. The Morgan fingerprint density at radius 2 is 1.59 bits per heavy atom. The monoisotopic (exact) mass is 399 g/mol. The number of hydrogen-bond acceptors (Lipinski definition) is 3. The van der Waals surface area contributed by atoms with Crippen LogP contribution in [0.5, 0.6) is 11.5 Å². The van der Waals surface area contributed by atoms with Crippen molar-refractivity contribution in [2.45, 2.75) is 20.0 Å². The lowest BCUT2D eigenvalue weighted by molar-refractivity contribution is -1.02. The average Bonchev–Trinajstić information content (AvgIpc) is 2.75. The van der Waals surface area contributed by atoms with Crippen molar-refractivity contribution in [2.75, 3.05) is 46.9 Å². The third kappa shape index (κ3) is 5.95. The standard InChI is InChI=1S/C23H31N3O3/c1-18-13-21(28-2)22(29-3)14-20(18)16-25-9-11-26(12-10-25)17-23(27)24-15-19-7-5-4-6-8-19/h4-8,13-14H,9-12,15-17H2,1-3H3,(H,24,27)/p+2. The van der Waals surface area contributed by atoms with Gasteiger partial charge in [0, 0.05) is 12.1 Å². The second-order valence-corrected chi connectivity index (χ2v) is 7.75. The van der Waals surface area contributed by atoms with Crippen molar-refractivity contribution in [1.82, 2.24) is 5.32 Å². The summed E-state index contributed by atoms with van der Waals surface area (Å²) in [7, 11) is 3.34. The van der Waals surface area contributed by atoms with Crippen LogP contribution in [0.3, 0.4) is 0 Å². The van der Waals surface area contributed by atoms with Crippen molar-refractivity contribution in [3.05, 3.63) is 59.2 Å². The van der Waals surface area contributed by atoms with Crippen LogP contribution in [0.4, 0.5) is 0 Å². The number of hydrogen-bond donors (Lipinski definition) is 3. The summed E-state index contributed by atoms with van der Waals surface area (Å²) in [6, 6.07) is 14.2. The van der Waals surface area contributed by atoms with Gasteiger partial charge in [-0.3, -0.25) is 4.79 Å². The van der Waals surface area contributed by atoms with Gasteiger partial charge in [-0.25, -0.2) is 0 Å². The van der Waals surface area contributed by atoms with E-state index in [2.05, 4.69) is 18.3 Å². The topological polar surface area (TPSA) is 56.4 Å². The lowest BCUT2D eigenvalue weighted by atomic mass is 10.1. The SMILES string of the molecule is COc1cc(C)c(C[NH+]2CC[NH+](CC(=O)NCc3ccccc3)CC2)cc1OC. The first-order valence-corrected chi connectivity index (χ1v) is 10.3. The summed E-state index contributed by atoms with van der Waals surface area (Å²) in [5.74, 6) is 1.69. The molecular weight excluding hydrogens is 366 g/mol. The fraction of sp³-hybridized carbons (Fsp3) is 0.435. The van der Waals surface area contributed by atoms with Gasteiger partial charge in [-0.15, -0.1) is 0 Å². The van der Waals surface area contributed by atoms with Crippen LogP contribution in [-0.4, -0.2) is 52.9 Å². The highest BCUT2D eigenvalue weighted by Gasteiger charge is 2.25. The second-order valence-electron chi connectivity index (χ2n) is 7.75. The van der Waals surface area contributed by atoms with E-state index in [9.17, 15) is 4.79 Å². The van der Waals surface area contributed by atoms with Crippen molar-refractivity contribution in [3.8, 4) is 11.5 Å². The molecule has 1 aliphatic rings. The van der Waals surface area contributed by atoms with Gasteiger partial charge in [0.2, 0.25) is 0 Å². The molecule has 3 rings (SSSR count). The molecule has 0 atom stereocenters. The molecule has 0 saturated carbocycles. The van der Waals surface area contributed by atoms with Gasteiger partial charge < -0.3 is 24.6 Å². The number of nitrogens with one attached hydrogen (secondary N) is 3. The van der Waals surface area contributed by atoms with Crippen LogP contribution in [0.15, 0.2) is 42.5 Å². The van der Waals surface area contributed by atoms with E-state index in [0.29, 0.717) is 13.1 Å². The molecule has 6 heteroatoms. The van der Waals surface area contributed by atoms with Gasteiger partial charge >= 0.3 is 0 Å². The van der Waals surface area contributed by atoms with E-state index in [-0.39, 0.29) is 5.91 Å². The molecule has 6 nitrogen and oxygen atoms in total. The molecule has 1 amide bonds. The van der Waals surface area contributed by atoms with Crippen LogP contribution < -0.4 is 24.6 Å². The van der Waals surface area contributed by atoms with Crippen molar-refractivity contribution in [2.24, 2.45) is 0 Å². The molecule has 1 fully saturated rings. The average molecular weight is 400 g/mol. The van der Waals surface area contributed by atoms with Gasteiger partial charge in [0.25, 0.3) is 5.91 Å². The Morgan fingerprint density at radius 1 is 0.966 bits per heavy atom. The number of ether oxygens (including phenoxy) is 2. The largest absolute Gasteiger partial charge is 0.493 e. The molecule has 1 aliphatic heterocycles. The molecule has 0 radical (unpaired) electrons. The Labute approximate surface area is 173 Å². The van der Waals surface area contributed by atoms with E-state index < -0.39 is 0 Å². The van der Waals surface area contributed by atoms with Crippen molar-refractivity contribution < 1.29 is 24.1 Å². The van der Waals surface area contributed by atoms with Crippen LogP contribution in [-0.2, 0) is 17.9 Å². The summed E-state index contributed by atoms with van der Waals surface area (Å²) in [6.45, 7) is 8.40. The van der Waals surface area contributed by atoms with Gasteiger partial charge in [-0.1, -0.05) is 30.3 Å². The van der Waals surface area contributed by atoms with E-state index in [4.69, 9.17) is 9.47 Å². The minimum Gasteiger partial charge on any atom is -0.493 e. The quantitative estimate of drug-likeness (QED) is 0.567. The third-order valence-electron chi connectivity index (χ3n) is 5.69. The summed E-state index contributed by atoms with van der Waals surface area (Å²) in [5.41, 5.74) is 3.65. The molecule has 2 aromatic rings. The smallest absolute Gasteiger partial charge is 0.275 e. The van der Waals surface area contributed by atoms with Crippen LogP contribution >= 0.6 is 0 Å². The molecule has 0 spiro atoms. The minimum atomic E-state index is 0.128. The van der Waals surface area contributed by atoms with Crippen molar-refractivity contribution >= 4 is 5.91 Å². The van der Waals surface area contributed by atoms with E-state index >= 15 is 0 Å². The summed E-state index contributed by atoms with van der Waals surface area (Å²) in [4.78, 5) is 15.2. The Hall–Kier alpha value is -2.57. The zero-order chi connectivity index (χ0) is 20.6. The first-order chi connectivity index (χ1) is 14.1. The molecule has 0 unspecified atom stereocenters. The van der Waals surface area contributed by atoms with Gasteiger partial charge in [-0.2, -0.15) is 0 Å². The number of carbonyl (C=O) groups excluding carboxylic acids is 1. The normalized spacial score (nSPS) is 18.9. The summed E-state index contributed by atoms with van der Waals surface area (Å²) in [6.07, 6.45) is 0. The first-order valence-electron chi connectivity index (χ1n) is 10.3. The molecule has 0 bridgehead atoms.